The summed E-state index contributed by atoms with van der Waals surface area (Å²) in [7, 11) is 0. The van der Waals surface area contributed by atoms with Crippen molar-refractivity contribution in [2.45, 2.75) is 30.2 Å². The Balaban J connectivity index is 2.84. The number of nitriles is 1. The largest absolute Gasteiger partial charge is 0.396 e. The fourth-order valence-corrected chi connectivity index (χ4v) is 1.76. The van der Waals surface area contributed by atoms with Crippen molar-refractivity contribution in [3.63, 3.8) is 0 Å². The van der Waals surface area contributed by atoms with E-state index in [0.29, 0.717) is 10.7 Å². The van der Waals surface area contributed by atoms with Crippen molar-refractivity contribution in [3.8, 4) is 6.07 Å². The molecule has 2 atom stereocenters. The van der Waals surface area contributed by atoms with E-state index >= 15 is 0 Å². The highest BCUT2D eigenvalue weighted by Gasteiger charge is 2.12. The number of anilines is 1. The van der Waals surface area contributed by atoms with Crippen LogP contribution in [0.2, 0.25) is 0 Å². The Bertz CT molecular complexity index is 387. The Morgan fingerprint density at radius 2 is 2.20 bits per heavy atom. The number of aromatic nitrogens is 1. The van der Waals surface area contributed by atoms with Gasteiger partial charge in [0.25, 0.3) is 0 Å². The Kier molecular flexibility index (Phi) is 3.95. The molecule has 1 aromatic heterocycles. The third-order valence-corrected chi connectivity index (χ3v) is 3.23. The predicted molar refractivity (Wildman–Crippen MR) is 60.4 cm³/mol. The molecule has 0 radical (unpaired) electrons. The maximum absolute atomic E-state index is 9.32. The van der Waals surface area contributed by atoms with Crippen molar-refractivity contribution in [1.82, 2.24) is 4.98 Å². The first-order valence-electron chi connectivity index (χ1n) is 4.56. The molecule has 1 aromatic rings. The summed E-state index contributed by atoms with van der Waals surface area (Å²) in [6.45, 7) is 3.62. The zero-order chi connectivity index (χ0) is 11.4. The Morgan fingerprint density at radius 3 is 2.73 bits per heavy atom. The highest BCUT2D eigenvalue weighted by atomic mass is 32.2. The van der Waals surface area contributed by atoms with Crippen LogP contribution in [0.5, 0.6) is 0 Å². The molecule has 0 fully saturated rings. The molecule has 0 aliphatic carbocycles. The van der Waals surface area contributed by atoms with E-state index in [9.17, 15) is 5.11 Å². The van der Waals surface area contributed by atoms with E-state index in [0.717, 1.165) is 0 Å². The fourth-order valence-electron chi connectivity index (χ4n) is 0.896. The molecule has 2 unspecified atom stereocenters. The molecular formula is C10H13N3OS. The lowest BCUT2D eigenvalue weighted by Gasteiger charge is -2.13. The Labute approximate surface area is 93.1 Å². The van der Waals surface area contributed by atoms with Gasteiger partial charge in [-0.3, -0.25) is 0 Å². The van der Waals surface area contributed by atoms with E-state index in [1.807, 2.05) is 13.0 Å². The van der Waals surface area contributed by atoms with Gasteiger partial charge in [0, 0.05) is 5.25 Å². The number of aliphatic hydroxyl groups is 1. The summed E-state index contributed by atoms with van der Waals surface area (Å²) in [5.74, 6) is 0. The number of nitrogens with two attached hydrogens (primary N) is 1. The molecule has 0 aliphatic rings. The molecule has 3 N–H and O–H groups in total. The lowest BCUT2D eigenvalue weighted by atomic mass is 10.3. The average Bonchev–Trinajstić information content (AvgIpc) is 2.20. The normalized spacial score (nSPS) is 14.3. The molecule has 15 heavy (non-hydrogen) atoms. The number of aliphatic hydroxyl groups excluding tert-OH is 1. The number of nitrogens with zero attached hydrogens (tertiary/aromatic N) is 2. The number of thioether (sulfide) groups is 1. The summed E-state index contributed by atoms with van der Waals surface area (Å²) in [5.41, 5.74) is 6.16. The molecular weight excluding hydrogens is 210 g/mol. The summed E-state index contributed by atoms with van der Waals surface area (Å²) >= 11 is 1.42. The number of rotatable bonds is 3. The van der Waals surface area contributed by atoms with Crippen LogP contribution >= 0.6 is 11.8 Å². The van der Waals surface area contributed by atoms with Crippen LogP contribution in [0, 0.1) is 11.3 Å². The first kappa shape index (κ1) is 11.8. The highest BCUT2D eigenvalue weighted by Crippen LogP contribution is 2.24. The van der Waals surface area contributed by atoms with Crippen LogP contribution in [-0.4, -0.2) is 21.4 Å². The molecule has 0 bridgehead atoms. The number of nitrogen functional groups attached to an aromatic ring is 1. The van der Waals surface area contributed by atoms with Gasteiger partial charge in [0.15, 0.2) is 5.69 Å². The van der Waals surface area contributed by atoms with Crippen molar-refractivity contribution in [3.05, 3.63) is 17.8 Å². The molecule has 0 spiro atoms. The van der Waals surface area contributed by atoms with E-state index in [1.54, 1.807) is 19.1 Å². The van der Waals surface area contributed by atoms with Crippen LogP contribution in [0.15, 0.2) is 17.2 Å². The monoisotopic (exact) mass is 223 g/mol. The van der Waals surface area contributed by atoms with Crippen LogP contribution in [-0.2, 0) is 0 Å². The van der Waals surface area contributed by atoms with E-state index in [1.165, 1.54) is 11.8 Å². The summed E-state index contributed by atoms with van der Waals surface area (Å²) in [6, 6.07) is 5.33. The molecule has 0 aliphatic heterocycles. The lowest BCUT2D eigenvalue weighted by Crippen LogP contribution is -2.15. The van der Waals surface area contributed by atoms with Crippen molar-refractivity contribution in [2.75, 3.05) is 5.73 Å². The van der Waals surface area contributed by atoms with E-state index in [4.69, 9.17) is 11.0 Å². The second-order valence-electron chi connectivity index (χ2n) is 3.26. The van der Waals surface area contributed by atoms with Crippen LogP contribution in [0.1, 0.15) is 19.5 Å². The van der Waals surface area contributed by atoms with E-state index in [2.05, 4.69) is 4.98 Å². The summed E-state index contributed by atoms with van der Waals surface area (Å²) in [6.07, 6.45) is -0.417. The maximum atomic E-state index is 9.32. The third kappa shape index (κ3) is 3.11. The second-order valence-corrected chi connectivity index (χ2v) is 4.66. The van der Waals surface area contributed by atoms with Crippen LogP contribution in [0.25, 0.3) is 0 Å². The van der Waals surface area contributed by atoms with Crippen molar-refractivity contribution < 1.29 is 5.11 Å². The summed E-state index contributed by atoms with van der Waals surface area (Å²) < 4.78 is 0. The minimum atomic E-state index is -0.417. The van der Waals surface area contributed by atoms with Gasteiger partial charge < -0.3 is 10.8 Å². The van der Waals surface area contributed by atoms with Gasteiger partial charge in [-0.1, -0.05) is 6.92 Å². The fraction of sp³-hybridized carbons (Fsp3) is 0.400. The van der Waals surface area contributed by atoms with Crippen LogP contribution in [0.3, 0.4) is 0 Å². The van der Waals surface area contributed by atoms with Gasteiger partial charge in [-0.15, -0.1) is 11.8 Å². The zero-order valence-corrected chi connectivity index (χ0v) is 9.45. The van der Waals surface area contributed by atoms with Gasteiger partial charge in [-0.2, -0.15) is 5.26 Å². The minimum absolute atomic E-state index is 0.0349. The van der Waals surface area contributed by atoms with Crippen LogP contribution < -0.4 is 5.73 Å². The van der Waals surface area contributed by atoms with Crippen LogP contribution in [0.4, 0.5) is 5.69 Å². The first-order valence-corrected chi connectivity index (χ1v) is 5.44. The topological polar surface area (TPSA) is 82.9 Å². The van der Waals surface area contributed by atoms with Gasteiger partial charge in [0.1, 0.15) is 6.07 Å². The van der Waals surface area contributed by atoms with Gasteiger partial charge in [0.2, 0.25) is 0 Å². The minimum Gasteiger partial charge on any atom is -0.396 e. The summed E-state index contributed by atoms with van der Waals surface area (Å²) in [4.78, 5) is 4.08. The van der Waals surface area contributed by atoms with Crippen molar-refractivity contribution >= 4 is 17.4 Å². The molecule has 0 saturated heterocycles. The van der Waals surface area contributed by atoms with Gasteiger partial charge >= 0.3 is 0 Å². The van der Waals surface area contributed by atoms with E-state index in [-0.39, 0.29) is 10.9 Å². The molecule has 0 saturated carbocycles. The van der Waals surface area contributed by atoms with Gasteiger partial charge in [-0.05, 0) is 19.1 Å². The standard InChI is InChI=1S/C10H13N3OS/c1-6(14)7(2)15-10-4-3-8(12)9(5-11)13-10/h3-4,6-7,14H,12H2,1-2H3. The molecule has 0 amide bonds. The average molecular weight is 223 g/mol. The molecule has 1 heterocycles. The molecule has 5 heteroatoms. The number of pyridine rings is 1. The number of hydrogen-bond acceptors (Lipinski definition) is 5. The highest BCUT2D eigenvalue weighted by molar-refractivity contribution is 7.99. The molecule has 4 nitrogen and oxygen atoms in total. The predicted octanol–water partition coefficient (Wildman–Crippen LogP) is 1.40. The lowest BCUT2D eigenvalue weighted by molar-refractivity contribution is 0.196. The number of hydrogen-bond donors (Lipinski definition) is 2. The van der Waals surface area contributed by atoms with Gasteiger partial charge in [0.05, 0.1) is 16.8 Å². The smallest absolute Gasteiger partial charge is 0.164 e. The maximum Gasteiger partial charge on any atom is 0.164 e. The first-order chi connectivity index (χ1) is 7.04. The molecule has 80 valence electrons. The second kappa shape index (κ2) is 5.01. The van der Waals surface area contributed by atoms with Crippen molar-refractivity contribution in [1.29, 1.82) is 5.26 Å². The summed E-state index contributed by atoms with van der Waals surface area (Å²) in [5, 5.41) is 18.8. The quantitative estimate of drug-likeness (QED) is 0.757. The van der Waals surface area contributed by atoms with Gasteiger partial charge in [-0.25, -0.2) is 4.98 Å². The van der Waals surface area contributed by atoms with Crippen molar-refractivity contribution in [2.24, 2.45) is 0 Å². The van der Waals surface area contributed by atoms with E-state index < -0.39 is 6.10 Å². The molecule has 1 rings (SSSR count). The Morgan fingerprint density at radius 1 is 1.53 bits per heavy atom. The molecule has 0 aromatic carbocycles. The SMILES string of the molecule is CC(O)C(C)Sc1ccc(N)c(C#N)n1. The third-order valence-electron chi connectivity index (χ3n) is 1.99. The Hall–Kier alpha value is -1.25. The zero-order valence-electron chi connectivity index (χ0n) is 8.64.